The molecule has 0 aliphatic carbocycles. The number of nitrogens with one attached hydrogen (secondary N) is 1. The van der Waals surface area contributed by atoms with Crippen LogP contribution in [0.5, 0.6) is 0 Å². The zero-order valence-corrected chi connectivity index (χ0v) is 9.36. The van der Waals surface area contributed by atoms with Crippen molar-refractivity contribution in [2.75, 3.05) is 0 Å². The summed E-state index contributed by atoms with van der Waals surface area (Å²) >= 11 is 0. The van der Waals surface area contributed by atoms with Gasteiger partial charge >= 0.3 is 0 Å². The molecule has 0 bridgehead atoms. The zero-order valence-electron chi connectivity index (χ0n) is 9.36. The molecule has 83 valence electrons. The van der Waals surface area contributed by atoms with Crippen molar-refractivity contribution in [2.24, 2.45) is 0 Å². The highest BCUT2D eigenvalue weighted by atomic mass is 16.1. The smallest absolute Gasteiger partial charge is 0.197 e. The molecule has 0 aliphatic heterocycles. The van der Waals surface area contributed by atoms with Gasteiger partial charge in [0.1, 0.15) is 0 Å². The van der Waals surface area contributed by atoms with Gasteiger partial charge in [-0.2, -0.15) is 0 Å². The average molecular weight is 222 g/mol. The molecule has 1 aromatic heterocycles. The third-order valence-electron chi connectivity index (χ3n) is 3.09. The summed E-state index contributed by atoms with van der Waals surface area (Å²) in [6.45, 7) is 3.87. The fourth-order valence-electron chi connectivity index (χ4n) is 2.25. The second kappa shape index (κ2) is 3.74. The van der Waals surface area contributed by atoms with E-state index in [2.05, 4.69) is 11.9 Å². The van der Waals surface area contributed by atoms with Gasteiger partial charge < -0.3 is 4.98 Å². The van der Waals surface area contributed by atoms with Crippen molar-refractivity contribution < 1.29 is 0 Å². The number of aromatic amines is 1. The van der Waals surface area contributed by atoms with Crippen molar-refractivity contribution in [1.29, 1.82) is 0 Å². The Morgan fingerprint density at radius 3 is 2.59 bits per heavy atom. The molecule has 0 saturated heterocycles. The Labute approximate surface area is 98.9 Å². The number of benzene rings is 2. The predicted octanol–water partition coefficient (Wildman–Crippen LogP) is 3.06. The van der Waals surface area contributed by atoms with Crippen LogP contribution in [-0.2, 0) is 6.42 Å². The van der Waals surface area contributed by atoms with E-state index in [0.29, 0.717) is 6.42 Å². The van der Waals surface area contributed by atoms with E-state index < -0.39 is 0 Å². The molecule has 0 fully saturated rings. The van der Waals surface area contributed by atoms with Crippen LogP contribution in [0, 0.1) is 6.92 Å². The molecule has 0 amide bonds. The first-order chi connectivity index (χ1) is 8.31. The van der Waals surface area contributed by atoms with Gasteiger partial charge in [-0.25, -0.2) is 0 Å². The molecule has 2 heteroatoms. The van der Waals surface area contributed by atoms with Gasteiger partial charge in [-0.1, -0.05) is 24.3 Å². The SMILES string of the molecule is [CH2]Cc1cccc2[nH]c3ccccc3c(=O)c12. The molecule has 2 aromatic carbocycles. The van der Waals surface area contributed by atoms with Gasteiger partial charge in [0.25, 0.3) is 0 Å². The summed E-state index contributed by atoms with van der Waals surface area (Å²) in [5, 5.41) is 1.50. The van der Waals surface area contributed by atoms with E-state index in [9.17, 15) is 4.79 Å². The Morgan fingerprint density at radius 1 is 1.00 bits per heavy atom. The number of para-hydroxylation sites is 1. The molecular formula is C15H12NO. The lowest BCUT2D eigenvalue weighted by Gasteiger charge is -2.05. The van der Waals surface area contributed by atoms with Crippen LogP contribution in [0.2, 0.25) is 0 Å². The van der Waals surface area contributed by atoms with Crippen molar-refractivity contribution in [3.05, 3.63) is 65.2 Å². The third-order valence-corrected chi connectivity index (χ3v) is 3.09. The number of fused-ring (bicyclic) bond motifs is 2. The Hall–Kier alpha value is -2.09. The van der Waals surface area contributed by atoms with Crippen molar-refractivity contribution in [3.8, 4) is 0 Å². The molecule has 1 heterocycles. The summed E-state index contributed by atoms with van der Waals surface area (Å²) in [5.41, 5.74) is 2.85. The Balaban J connectivity index is 2.60. The number of aromatic nitrogens is 1. The highest BCUT2D eigenvalue weighted by Crippen LogP contribution is 2.18. The molecule has 0 spiro atoms. The van der Waals surface area contributed by atoms with Crippen LogP contribution < -0.4 is 5.43 Å². The maximum absolute atomic E-state index is 12.4. The lowest BCUT2D eigenvalue weighted by molar-refractivity contribution is 1.29. The van der Waals surface area contributed by atoms with E-state index in [-0.39, 0.29) is 5.43 Å². The number of rotatable bonds is 1. The molecule has 0 aliphatic rings. The highest BCUT2D eigenvalue weighted by molar-refractivity contribution is 5.94. The zero-order chi connectivity index (χ0) is 11.8. The van der Waals surface area contributed by atoms with Crippen molar-refractivity contribution >= 4 is 21.8 Å². The summed E-state index contributed by atoms with van der Waals surface area (Å²) < 4.78 is 0. The predicted molar refractivity (Wildman–Crippen MR) is 71.1 cm³/mol. The van der Waals surface area contributed by atoms with Gasteiger partial charge in [0.2, 0.25) is 0 Å². The van der Waals surface area contributed by atoms with Gasteiger partial charge in [-0.3, -0.25) is 4.79 Å². The lowest BCUT2D eigenvalue weighted by atomic mass is 10.0. The number of pyridine rings is 1. The van der Waals surface area contributed by atoms with E-state index in [1.165, 1.54) is 0 Å². The summed E-state index contributed by atoms with van der Waals surface area (Å²) in [6.07, 6.45) is 0.624. The standard InChI is InChI=1S/C15H12NO/c1-2-10-6-5-9-13-14(10)15(17)11-7-3-4-8-12(11)16-13/h3-9H,1-2H2,(H,16,17). The molecule has 3 rings (SSSR count). The maximum atomic E-state index is 12.4. The van der Waals surface area contributed by atoms with Crippen LogP contribution in [0.15, 0.2) is 47.3 Å². The molecule has 0 saturated carbocycles. The first-order valence-electron chi connectivity index (χ1n) is 5.63. The van der Waals surface area contributed by atoms with Crippen LogP contribution in [-0.4, -0.2) is 4.98 Å². The molecule has 17 heavy (non-hydrogen) atoms. The maximum Gasteiger partial charge on any atom is 0.197 e. The van der Waals surface area contributed by atoms with Crippen LogP contribution in [0.25, 0.3) is 21.8 Å². The Kier molecular flexibility index (Phi) is 2.22. The van der Waals surface area contributed by atoms with Crippen molar-refractivity contribution in [2.45, 2.75) is 6.42 Å². The Bertz CT molecular complexity index is 756. The van der Waals surface area contributed by atoms with Crippen molar-refractivity contribution in [1.82, 2.24) is 4.98 Å². The average Bonchev–Trinajstić information content (AvgIpc) is 2.38. The minimum Gasteiger partial charge on any atom is -0.354 e. The molecule has 1 N–H and O–H groups in total. The first-order valence-corrected chi connectivity index (χ1v) is 5.63. The minimum absolute atomic E-state index is 0.0913. The van der Waals surface area contributed by atoms with Crippen LogP contribution >= 0.6 is 0 Å². The fraction of sp³-hybridized carbons (Fsp3) is 0.0667. The fourth-order valence-corrected chi connectivity index (χ4v) is 2.25. The molecule has 1 radical (unpaired) electrons. The van der Waals surface area contributed by atoms with Gasteiger partial charge in [-0.15, -0.1) is 0 Å². The largest absolute Gasteiger partial charge is 0.354 e. The van der Waals surface area contributed by atoms with Gasteiger partial charge in [0, 0.05) is 16.3 Å². The summed E-state index contributed by atoms with van der Waals surface area (Å²) in [5.74, 6) is 0. The topological polar surface area (TPSA) is 32.9 Å². The quantitative estimate of drug-likeness (QED) is 0.631. The summed E-state index contributed by atoms with van der Waals surface area (Å²) in [7, 11) is 0. The van der Waals surface area contributed by atoms with Gasteiger partial charge in [-0.05, 0) is 37.1 Å². The van der Waals surface area contributed by atoms with E-state index in [0.717, 1.165) is 27.4 Å². The van der Waals surface area contributed by atoms with E-state index in [4.69, 9.17) is 0 Å². The second-order valence-corrected chi connectivity index (χ2v) is 4.09. The van der Waals surface area contributed by atoms with Crippen molar-refractivity contribution in [3.63, 3.8) is 0 Å². The number of hydrogen-bond acceptors (Lipinski definition) is 1. The summed E-state index contributed by atoms with van der Waals surface area (Å²) in [6, 6.07) is 13.4. The van der Waals surface area contributed by atoms with Crippen LogP contribution in [0.3, 0.4) is 0 Å². The first kappa shape index (κ1) is 10.1. The molecule has 3 aromatic rings. The molecule has 0 atom stereocenters. The van der Waals surface area contributed by atoms with E-state index in [1.807, 2.05) is 42.5 Å². The normalized spacial score (nSPS) is 11.1. The molecule has 2 nitrogen and oxygen atoms in total. The monoisotopic (exact) mass is 222 g/mol. The Morgan fingerprint density at radius 2 is 1.76 bits per heavy atom. The second-order valence-electron chi connectivity index (χ2n) is 4.09. The van der Waals surface area contributed by atoms with E-state index in [1.54, 1.807) is 0 Å². The minimum atomic E-state index is 0.0913. The highest BCUT2D eigenvalue weighted by Gasteiger charge is 2.07. The lowest BCUT2D eigenvalue weighted by Crippen LogP contribution is -2.06. The van der Waals surface area contributed by atoms with Crippen LogP contribution in [0.1, 0.15) is 5.56 Å². The van der Waals surface area contributed by atoms with E-state index >= 15 is 0 Å². The number of hydrogen-bond donors (Lipinski definition) is 1. The van der Waals surface area contributed by atoms with Gasteiger partial charge in [0.15, 0.2) is 5.43 Å². The third kappa shape index (κ3) is 1.45. The van der Waals surface area contributed by atoms with Crippen LogP contribution in [0.4, 0.5) is 0 Å². The number of H-pyrrole nitrogens is 1. The van der Waals surface area contributed by atoms with Gasteiger partial charge in [0.05, 0.1) is 5.52 Å². The summed E-state index contributed by atoms with van der Waals surface area (Å²) in [4.78, 5) is 15.7. The molecular weight excluding hydrogens is 210 g/mol. The molecule has 0 unspecified atom stereocenters.